The summed E-state index contributed by atoms with van der Waals surface area (Å²) < 4.78 is 2.19. The van der Waals surface area contributed by atoms with Crippen LogP contribution < -0.4 is 0 Å². The molecule has 3 rings (SSSR count). The van der Waals surface area contributed by atoms with Crippen LogP contribution in [0, 0.1) is 6.92 Å². The number of rotatable bonds is 1. The van der Waals surface area contributed by atoms with Gasteiger partial charge in [-0.1, -0.05) is 39.7 Å². The molecule has 4 heteroatoms. The van der Waals surface area contributed by atoms with E-state index >= 15 is 0 Å². The number of benzene rings is 2. The van der Waals surface area contributed by atoms with Gasteiger partial charge in [0.05, 0.1) is 10.2 Å². The topological polar surface area (TPSA) is 12.9 Å². The fourth-order valence-corrected chi connectivity index (χ4v) is 4.06. The Hall–Kier alpha value is -0.900. The molecule has 18 heavy (non-hydrogen) atoms. The van der Waals surface area contributed by atoms with Gasteiger partial charge in [0, 0.05) is 15.1 Å². The minimum absolute atomic E-state index is 0.751. The number of halogens is 2. The molecule has 0 saturated carbocycles. The Balaban J connectivity index is 2.26. The van der Waals surface area contributed by atoms with Gasteiger partial charge in [0.15, 0.2) is 0 Å². The first kappa shape index (κ1) is 12.2. The molecule has 0 atom stereocenters. The zero-order valence-corrected chi connectivity index (χ0v) is 12.7. The van der Waals surface area contributed by atoms with E-state index in [1.54, 1.807) is 11.3 Å². The maximum atomic E-state index is 6.01. The fourth-order valence-electron chi connectivity index (χ4n) is 1.91. The average Bonchev–Trinajstić information content (AvgIpc) is 2.71. The maximum absolute atomic E-state index is 6.01. The van der Waals surface area contributed by atoms with E-state index in [-0.39, 0.29) is 0 Å². The second-order valence-corrected chi connectivity index (χ2v) is 6.38. The molecule has 2 aromatic carbocycles. The third kappa shape index (κ3) is 2.07. The van der Waals surface area contributed by atoms with E-state index in [1.807, 2.05) is 30.3 Å². The summed E-state index contributed by atoms with van der Waals surface area (Å²) in [6, 6.07) is 12.0. The van der Waals surface area contributed by atoms with E-state index in [4.69, 9.17) is 11.6 Å². The van der Waals surface area contributed by atoms with Gasteiger partial charge in [-0.3, -0.25) is 0 Å². The number of hydrogen-bond acceptors (Lipinski definition) is 2. The summed E-state index contributed by atoms with van der Waals surface area (Å²) >= 11 is 11.3. The number of hydrogen-bond donors (Lipinski definition) is 0. The minimum Gasteiger partial charge on any atom is -0.236 e. The van der Waals surface area contributed by atoms with Crippen LogP contribution in [0.1, 0.15) is 5.56 Å². The fraction of sp³-hybridized carbons (Fsp3) is 0.0714. The molecular formula is C14H9BrClNS. The predicted octanol–water partition coefficient (Wildman–Crippen LogP) is 5.69. The van der Waals surface area contributed by atoms with Crippen molar-refractivity contribution in [3.8, 4) is 10.6 Å². The first-order valence-electron chi connectivity index (χ1n) is 5.47. The molecule has 0 amide bonds. The molecule has 0 saturated heterocycles. The van der Waals surface area contributed by atoms with Crippen molar-refractivity contribution in [2.24, 2.45) is 0 Å². The van der Waals surface area contributed by atoms with E-state index in [2.05, 4.69) is 33.9 Å². The van der Waals surface area contributed by atoms with Crippen molar-refractivity contribution >= 4 is 49.1 Å². The highest BCUT2D eigenvalue weighted by Gasteiger charge is 2.11. The average molecular weight is 339 g/mol. The van der Waals surface area contributed by atoms with Crippen molar-refractivity contribution in [1.29, 1.82) is 0 Å². The molecule has 3 aromatic rings. The summed E-state index contributed by atoms with van der Waals surface area (Å²) in [5.41, 5.74) is 3.37. The summed E-state index contributed by atoms with van der Waals surface area (Å²) in [5, 5.41) is 1.78. The van der Waals surface area contributed by atoms with Crippen molar-refractivity contribution in [3.63, 3.8) is 0 Å². The Morgan fingerprint density at radius 1 is 1.22 bits per heavy atom. The smallest absolute Gasteiger partial charge is 0.126 e. The standard InChI is InChI=1S/C14H9BrClNS/c1-8-3-2-4-10(15)13(8)14-17-11-6-5-9(16)7-12(11)18-14/h2-7H,1H3. The van der Waals surface area contributed by atoms with Gasteiger partial charge in [-0.05, 0) is 36.8 Å². The molecule has 1 aromatic heterocycles. The zero-order valence-electron chi connectivity index (χ0n) is 9.58. The van der Waals surface area contributed by atoms with E-state index in [1.165, 1.54) is 5.56 Å². The van der Waals surface area contributed by atoms with Crippen molar-refractivity contribution < 1.29 is 0 Å². The third-order valence-corrected chi connectivity index (χ3v) is 4.72. The first-order valence-corrected chi connectivity index (χ1v) is 7.45. The van der Waals surface area contributed by atoms with Gasteiger partial charge in [0.25, 0.3) is 0 Å². The highest BCUT2D eigenvalue weighted by molar-refractivity contribution is 9.10. The minimum atomic E-state index is 0.751. The van der Waals surface area contributed by atoms with Crippen molar-refractivity contribution in [2.45, 2.75) is 6.92 Å². The van der Waals surface area contributed by atoms with Gasteiger partial charge in [0.1, 0.15) is 5.01 Å². The molecule has 90 valence electrons. The number of aryl methyl sites for hydroxylation is 1. The van der Waals surface area contributed by atoms with Gasteiger partial charge in [-0.25, -0.2) is 4.98 Å². The molecule has 0 N–H and O–H groups in total. The van der Waals surface area contributed by atoms with Crippen molar-refractivity contribution in [1.82, 2.24) is 4.98 Å². The molecular weight excluding hydrogens is 330 g/mol. The van der Waals surface area contributed by atoms with Gasteiger partial charge in [0.2, 0.25) is 0 Å². The molecule has 0 spiro atoms. The molecule has 0 aliphatic rings. The molecule has 0 aliphatic carbocycles. The Labute approximate surface area is 123 Å². The lowest BCUT2D eigenvalue weighted by atomic mass is 10.1. The second kappa shape index (κ2) is 4.65. The molecule has 0 bridgehead atoms. The Morgan fingerprint density at radius 3 is 2.83 bits per heavy atom. The predicted molar refractivity (Wildman–Crippen MR) is 82.5 cm³/mol. The SMILES string of the molecule is Cc1cccc(Br)c1-c1nc2ccc(Cl)cc2s1. The van der Waals surface area contributed by atoms with Crippen LogP contribution in [0.2, 0.25) is 5.02 Å². The summed E-state index contributed by atoms with van der Waals surface area (Å²) in [7, 11) is 0. The highest BCUT2D eigenvalue weighted by atomic mass is 79.9. The summed E-state index contributed by atoms with van der Waals surface area (Å²) in [5.74, 6) is 0. The monoisotopic (exact) mass is 337 g/mol. The largest absolute Gasteiger partial charge is 0.236 e. The van der Waals surface area contributed by atoms with Gasteiger partial charge < -0.3 is 0 Å². The Morgan fingerprint density at radius 2 is 2.06 bits per heavy atom. The second-order valence-electron chi connectivity index (χ2n) is 4.06. The highest BCUT2D eigenvalue weighted by Crippen LogP contribution is 2.37. The summed E-state index contributed by atoms with van der Waals surface area (Å²) in [4.78, 5) is 4.68. The molecule has 0 radical (unpaired) electrons. The van der Waals surface area contributed by atoms with Gasteiger partial charge in [-0.15, -0.1) is 11.3 Å². The molecule has 0 unspecified atom stereocenters. The Kier molecular flexibility index (Phi) is 3.14. The van der Waals surface area contributed by atoms with Crippen LogP contribution in [-0.4, -0.2) is 4.98 Å². The van der Waals surface area contributed by atoms with Crippen LogP contribution in [-0.2, 0) is 0 Å². The zero-order chi connectivity index (χ0) is 12.7. The number of fused-ring (bicyclic) bond motifs is 1. The van der Waals surface area contributed by atoms with Crippen LogP contribution >= 0.6 is 38.9 Å². The Bertz CT molecular complexity index is 715. The summed E-state index contributed by atoms with van der Waals surface area (Å²) in [6.45, 7) is 2.10. The lowest BCUT2D eigenvalue weighted by Crippen LogP contribution is -1.83. The maximum Gasteiger partial charge on any atom is 0.126 e. The van der Waals surface area contributed by atoms with Crippen LogP contribution in [0.3, 0.4) is 0 Å². The quantitative estimate of drug-likeness (QED) is 0.555. The molecule has 1 nitrogen and oxygen atoms in total. The van der Waals surface area contributed by atoms with E-state index in [0.717, 1.165) is 30.3 Å². The van der Waals surface area contributed by atoms with E-state index in [9.17, 15) is 0 Å². The number of nitrogens with zero attached hydrogens (tertiary/aromatic N) is 1. The van der Waals surface area contributed by atoms with Crippen LogP contribution in [0.15, 0.2) is 40.9 Å². The van der Waals surface area contributed by atoms with Gasteiger partial charge >= 0.3 is 0 Å². The van der Waals surface area contributed by atoms with Gasteiger partial charge in [-0.2, -0.15) is 0 Å². The van der Waals surface area contributed by atoms with Crippen LogP contribution in [0.4, 0.5) is 0 Å². The number of thiazole rings is 1. The van der Waals surface area contributed by atoms with E-state index < -0.39 is 0 Å². The van der Waals surface area contributed by atoms with Crippen LogP contribution in [0.5, 0.6) is 0 Å². The lowest BCUT2D eigenvalue weighted by Gasteiger charge is -2.03. The molecule has 0 fully saturated rings. The lowest BCUT2D eigenvalue weighted by molar-refractivity contribution is 1.40. The van der Waals surface area contributed by atoms with Crippen molar-refractivity contribution in [2.75, 3.05) is 0 Å². The van der Waals surface area contributed by atoms with Crippen LogP contribution in [0.25, 0.3) is 20.8 Å². The molecule has 0 aliphatic heterocycles. The van der Waals surface area contributed by atoms with Crippen molar-refractivity contribution in [3.05, 3.63) is 51.5 Å². The summed E-state index contributed by atoms with van der Waals surface area (Å²) in [6.07, 6.45) is 0. The third-order valence-electron chi connectivity index (χ3n) is 2.79. The molecule has 1 heterocycles. The normalized spacial score (nSPS) is 11.1. The number of aromatic nitrogens is 1. The first-order chi connectivity index (χ1) is 8.65. The van der Waals surface area contributed by atoms with E-state index in [0.29, 0.717) is 0 Å².